The summed E-state index contributed by atoms with van der Waals surface area (Å²) in [7, 11) is 2.09. The standard InChI is InChI=1S/C11H18N2OS/c1-10(14)5-3-4-6-13(2)7-11-8-15-9-12-11/h8-9H,3-7H2,1-2H3. The van der Waals surface area contributed by atoms with Crippen LogP contribution in [0.5, 0.6) is 0 Å². The van der Waals surface area contributed by atoms with Crippen molar-refractivity contribution >= 4 is 17.1 Å². The average molecular weight is 226 g/mol. The Labute approximate surface area is 95.1 Å². The fraction of sp³-hybridized carbons (Fsp3) is 0.636. The zero-order valence-electron chi connectivity index (χ0n) is 9.40. The maximum Gasteiger partial charge on any atom is 0.129 e. The molecule has 4 heteroatoms. The van der Waals surface area contributed by atoms with Crippen LogP contribution in [0.2, 0.25) is 0 Å². The molecule has 0 N–H and O–H groups in total. The highest BCUT2D eigenvalue weighted by molar-refractivity contribution is 7.07. The first-order chi connectivity index (χ1) is 7.18. The monoisotopic (exact) mass is 226 g/mol. The molecule has 0 atom stereocenters. The lowest BCUT2D eigenvalue weighted by atomic mass is 10.2. The molecule has 1 aromatic heterocycles. The number of carbonyl (C=O) groups is 1. The summed E-state index contributed by atoms with van der Waals surface area (Å²) >= 11 is 1.63. The van der Waals surface area contributed by atoms with Gasteiger partial charge in [0.1, 0.15) is 5.78 Å². The highest BCUT2D eigenvalue weighted by Crippen LogP contribution is 2.05. The Hall–Kier alpha value is -0.740. The number of thiazole rings is 1. The molecule has 0 saturated carbocycles. The third-order valence-corrected chi connectivity index (χ3v) is 2.87. The van der Waals surface area contributed by atoms with Crippen LogP contribution in [0.1, 0.15) is 31.9 Å². The number of Topliss-reactive ketones (excluding diaryl/α,β-unsaturated/α-hetero) is 1. The predicted molar refractivity (Wildman–Crippen MR) is 63.0 cm³/mol. The van der Waals surface area contributed by atoms with Crippen LogP contribution in [-0.2, 0) is 11.3 Å². The van der Waals surface area contributed by atoms with Gasteiger partial charge in [-0.25, -0.2) is 4.98 Å². The number of hydrogen-bond donors (Lipinski definition) is 0. The molecule has 84 valence electrons. The maximum absolute atomic E-state index is 10.7. The molecule has 0 aliphatic rings. The van der Waals surface area contributed by atoms with E-state index < -0.39 is 0 Å². The molecule has 0 fully saturated rings. The summed E-state index contributed by atoms with van der Waals surface area (Å²) in [6.45, 7) is 3.59. The van der Waals surface area contributed by atoms with Gasteiger partial charge < -0.3 is 9.69 Å². The minimum atomic E-state index is 0.289. The van der Waals surface area contributed by atoms with Gasteiger partial charge in [0.05, 0.1) is 11.2 Å². The lowest BCUT2D eigenvalue weighted by molar-refractivity contribution is -0.117. The molecule has 0 aliphatic heterocycles. The van der Waals surface area contributed by atoms with Crippen molar-refractivity contribution in [2.45, 2.75) is 32.7 Å². The SMILES string of the molecule is CC(=O)CCCCN(C)Cc1cscn1. The molecular formula is C11H18N2OS. The zero-order chi connectivity index (χ0) is 11.1. The Bertz CT molecular complexity index is 285. The number of hydrogen-bond acceptors (Lipinski definition) is 4. The molecule has 0 bridgehead atoms. The minimum Gasteiger partial charge on any atom is -0.301 e. The average Bonchev–Trinajstić information content (AvgIpc) is 2.64. The van der Waals surface area contributed by atoms with Gasteiger partial charge in [-0.1, -0.05) is 0 Å². The second kappa shape index (κ2) is 6.69. The lowest BCUT2D eigenvalue weighted by Crippen LogP contribution is -2.19. The van der Waals surface area contributed by atoms with E-state index in [1.54, 1.807) is 18.3 Å². The molecule has 0 unspecified atom stereocenters. The predicted octanol–water partition coefficient (Wildman–Crippen LogP) is 2.33. The van der Waals surface area contributed by atoms with Gasteiger partial charge in [0, 0.05) is 18.3 Å². The molecule has 0 radical (unpaired) electrons. The van der Waals surface area contributed by atoms with E-state index in [4.69, 9.17) is 0 Å². The molecule has 15 heavy (non-hydrogen) atoms. The summed E-state index contributed by atoms with van der Waals surface area (Å²) in [6.07, 6.45) is 2.79. The smallest absolute Gasteiger partial charge is 0.129 e. The number of aromatic nitrogens is 1. The maximum atomic E-state index is 10.7. The van der Waals surface area contributed by atoms with Crippen LogP contribution in [0, 0.1) is 0 Å². The van der Waals surface area contributed by atoms with Crippen molar-refractivity contribution in [3.63, 3.8) is 0 Å². The van der Waals surface area contributed by atoms with Gasteiger partial charge in [0.15, 0.2) is 0 Å². The van der Waals surface area contributed by atoms with E-state index in [-0.39, 0.29) is 5.78 Å². The van der Waals surface area contributed by atoms with Crippen LogP contribution in [0.3, 0.4) is 0 Å². The Kier molecular flexibility index (Phi) is 5.50. The largest absolute Gasteiger partial charge is 0.301 e. The zero-order valence-corrected chi connectivity index (χ0v) is 10.2. The first kappa shape index (κ1) is 12.3. The number of carbonyl (C=O) groups excluding carboxylic acids is 1. The normalized spacial score (nSPS) is 10.9. The van der Waals surface area contributed by atoms with Gasteiger partial charge in [0.25, 0.3) is 0 Å². The highest BCUT2D eigenvalue weighted by Gasteiger charge is 2.02. The number of rotatable bonds is 7. The Morgan fingerprint density at radius 1 is 1.53 bits per heavy atom. The van der Waals surface area contributed by atoms with Gasteiger partial charge in [-0.15, -0.1) is 11.3 Å². The molecule has 1 rings (SSSR count). The van der Waals surface area contributed by atoms with E-state index >= 15 is 0 Å². The Morgan fingerprint density at radius 2 is 2.33 bits per heavy atom. The van der Waals surface area contributed by atoms with Crippen molar-refractivity contribution in [3.05, 3.63) is 16.6 Å². The van der Waals surface area contributed by atoms with E-state index in [1.165, 1.54) is 0 Å². The molecule has 0 saturated heterocycles. The van der Waals surface area contributed by atoms with Gasteiger partial charge in [-0.05, 0) is 33.4 Å². The topological polar surface area (TPSA) is 33.2 Å². The van der Waals surface area contributed by atoms with Crippen LogP contribution in [-0.4, -0.2) is 29.3 Å². The Morgan fingerprint density at radius 3 is 2.93 bits per heavy atom. The quantitative estimate of drug-likeness (QED) is 0.669. The summed E-state index contributed by atoms with van der Waals surface area (Å²) in [5, 5.41) is 2.08. The van der Waals surface area contributed by atoms with E-state index in [0.29, 0.717) is 6.42 Å². The van der Waals surface area contributed by atoms with Crippen LogP contribution in [0.4, 0.5) is 0 Å². The van der Waals surface area contributed by atoms with E-state index in [2.05, 4.69) is 22.3 Å². The van der Waals surface area contributed by atoms with E-state index in [0.717, 1.165) is 31.6 Å². The Balaban J connectivity index is 2.08. The first-order valence-corrected chi connectivity index (χ1v) is 6.18. The summed E-state index contributed by atoms with van der Waals surface area (Å²) in [6, 6.07) is 0. The van der Waals surface area contributed by atoms with Crippen LogP contribution in [0.25, 0.3) is 0 Å². The molecular weight excluding hydrogens is 208 g/mol. The van der Waals surface area contributed by atoms with Crippen LogP contribution < -0.4 is 0 Å². The molecule has 0 aromatic carbocycles. The molecule has 3 nitrogen and oxygen atoms in total. The van der Waals surface area contributed by atoms with E-state index in [9.17, 15) is 4.79 Å². The minimum absolute atomic E-state index is 0.289. The van der Waals surface area contributed by atoms with Crippen molar-refractivity contribution < 1.29 is 4.79 Å². The molecule has 0 aliphatic carbocycles. The first-order valence-electron chi connectivity index (χ1n) is 5.23. The number of ketones is 1. The lowest BCUT2D eigenvalue weighted by Gasteiger charge is -2.14. The third kappa shape index (κ3) is 5.64. The van der Waals surface area contributed by atoms with Crippen LogP contribution >= 0.6 is 11.3 Å². The highest BCUT2D eigenvalue weighted by atomic mass is 32.1. The second-order valence-electron chi connectivity index (χ2n) is 3.88. The van der Waals surface area contributed by atoms with Crippen molar-refractivity contribution in [3.8, 4) is 0 Å². The number of unbranched alkanes of at least 4 members (excludes halogenated alkanes) is 1. The molecule has 1 aromatic rings. The third-order valence-electron chi connectivity index (χ3n) is 2.23. The fourth-order valence-corrected chi connectivity index (χ4v) is 1.98. The van der Waals surface area contributed by atoms with Gasteiger partial charge in [-0.3, -0.25) is 0 Å². The van der Waals surface area contributed by atoms with Crippen molar-refractivity contribution in [1.29, 1.82) is 0 Å². The van der Waals surface area contributed by atoms with Crippen LogP contribution in [0.15, 0.2) is 10.9 Å². The van der Waals surface area contributed by atoms with Crippen molar-refractivity contribution in [2.75, 3.05) is 13.6 Å². The number of nitrogens with zero attached hydrogens (tertiary/aromatic N) is 2. The van der Waals surface area contributed by atoms with Gasteiger partial charge in [0.2, 0.25) is 0 Å². The van der Waals surface area contributed by atoms with Gasteiger partial charge >= 0.3 is 0 Å². The van der Waals surface area contributed by atoms with Crippen molar-refractivity contribution in [1.82, 2.24) is 9.88 Å². The summed E-state index contributed by atoms with van der Waals surface area (Å²) in [4.78, 5) is 17.2. The molecule has 1 heterocycles. The fourth-order valence-electron chi connectivity index (χ4n) is 1.43. The summed E-state index contributed by atoms with van der Waals surface area (Å²) < 4.78 is 0. The van der Waals surface area contributed by atoms with Gasteiger partial charge in [-0.2, -0.15) is 0 Å². The summed E-state index contributed by atoms with van der Waals surface area (Å²) in [5.41, 5.74) is 2.99. The molecule has 0 amide bonds. The van der Waals surface area contributed by atoms with E-state index in [1.807, 2.05) is 5.51 Å². The molecule has 0 spiro atoms. The van der Waals surface area contributed by atoms with Crippen molar-refractivity contribution in [2.24, 2.45) is 0 Å². The second-order valence-corrected chi connectivity index (χ2v) is 4.60. The summed E-state index contributed by atoms with van der Waals surface area (Å²) in [5.74, 6) is 0.289.